The van der Waals surface area contributed by atoms with E-state index in [1.165, 1.54) is 0 Å². The third-order valence-electron chi connectivity index (χ3n) is 3.35. The molecule has 104 valence electrons. The highest BCUT2D eigenvalue weighted by Gasteiger charge is 2.33. The van der Waals surface area contributed by atoms with Gasteiger partial charge in [-0.2, -0.15) is 0 Å². The molecule has 0 unspecified atom stereocenters. The van der Waals surface area contributed by atoms with Gasteiger partial charge in [-0.3, -0.25) is 14.4 Å². The topological polar surface area (TPSA) is 51.2 Å². The fraction of sp³-hybridized carbons (Fsp3) is 0.312. The zero-order valence-corrected chi connectivity index (χ0v) is 12.8. The van der Waals surface area contributed by atoms with E-state index in [4.69, 9.17) is 0 Å². The van der Waals surface area contributed by atoms with Gasteiger partial charge in [0.1, 0.15) is 0 Å². The molecule has 0 aliphatic heterocycles. The van der Waals surface area contributed by atoms with Gasteiger partial charge in [0.25, 0.3) is 0 Å². The van der Waals surface area contributed by atoms with Crippen LogP contribution >= 0.6 is 15.9 Å². The van der Waals surface area contributed by atoms with Crippen LogP contribution in [0.4, 0.5) is 0 Å². The van der Waals surface area contributed by atoms with E-state index in [0.717, 1.165) is 19.3 Å². The van der Waals surface area contributed by atoms with Gasteiger partial charge in [0.15, 0.2) is 5.78 Å². The highest BCUT2D eigenvalue weighted by Crippen LogP contribution is 2.34. The number of hydrogen-bond acceptors (Lipinski definition) is 3. The number of carbonyl (C=O) groups is 3. The van der Waals surface area contributed by atoms with Crippen LogP contribution in [-0.2, 0) is 9.59 Å². The molecule has 20 heavy (non-hydrogen) atoms. The number of rotatable bonds is 5. The Hall–Kier alpha value is -1.55. The molecule has 0 spiro atoms. The van der Waals surface area contributed by atoms with E-state index >= 15 is 0 Å². The minimum absolute atomic E-state index is 0.0846. The molecule has 1 aromatic rings. The Bertz CT molecular complexity index is 614. The first kappa shape index (κ1) is 14.9. The summed E-state index contributed by atoms with van der Waals surface area (Å²) in [6, 6.07) is 6.77. The maximum absolute atomic E-state index is 12.3. The minimum atomic E-state index is -0.637. The van der Waals surface area contributed by atoms with Crippen LogP contribution in [-0.4, -0.2) is 17.3 Å². The Kier molecular flexibility index (Phi) is 4.65. The first-order chi connectivity index (χ1) is 9.57. The van der Waals surface area contributed by atoms with Crippen molar-refractivity contribution < 1.29 is 14.4 Å². The second-order valence-corrected chi connectivity index (χ2v) is 5.57. The van der Waals surface area contributed by atoms with E-state index in [2.05, 4.69) is 22.9 Å². The SMILES string of the molecule is CCCCCC(=O)C1=C(Br)C(=O)C(=O)c2ccccc21. The summed E-state index contributed by atoms with van der Waals surface area (Å²) < 4.78 is 0.0997. The van der Waals surface area contributed by atoms with Crippen LogP contribution < -0.4 is 0 Å². The van der Waals surface area contributed by atoms with Gasteiger partial charge in [0.05, 0.1) is 4.48 Å². The van der Waals surface area contributed by atoms with Gasteiger partial charge < -0.3 is 0 Å². The Morgan fingerprint density at radius 2 is 1.70 bits per heavy atom. The van der Waals surface area contributed by atoms with Gasteiger partial charge in [0, 0.05) is 17.6 Å². The number of halogens is 1. The third kappa shape index (κ3) is 2.66. The number of fused-ring (bicyclic) bond motifs is 1. The first-order valence-corrected chi connectivity index (χ1v) is 7.48. The largest absolute Gasteiger partial charge is 0.294 e. The van der Waals surface area contributed by atoms with Crippen molar-refractivity contribution in [3.05, 3.63) is 39.9 Å². The fourth-order valence-electron chi connectivity index (χ4n) is 2.29. The lowest BCUT2D eigenvalue weighted by Gasteiger charge is -2.17. The summed E-state index contributed by atoms with van der Waals surface area (Å²) in [5.74, 6) is -1.28. The predicted octanol–water partition coefficient (Wildman–Crippen LogP) is 3.71. The molecule has 1 aromatic carbocycles. The van der Waals surface area contributed by atoms with E-state index in [1.54, 1.807) is 24.3 Å². The molecular formula is C16H15BrO3. The Morgan fingerprint density at radius 3 is 2.35 bits per heavy atom. The number of Topliss-reactive ketones (excluding diaryl/α,β-unsaturated/α-hetero) is 3. The maximum atomic E-state index is 12.3. The number of benzene rings is 1. The average molecular weight is 335 g/mol. The Labute approximate surface area is 126 Å². The normalized spacial score (nSPS) is 14.5. The summed E-state index contributed by atoms with van der Waals surface area (Å²) in [6.45, 7) is 2.07. The molecule has 0 heterocycles. The molecule has 0 atom stereocenters. The van der Waals surface area contributed by atoms with Crippen molar-refractivity contribution >= 4 is 38.9 Å². The molecule has 2 rings (SSSR count). The van der Waals surface area contributed by atoms with E-state index in [9.17, 15) is 14.4 Å². The van der Waals surface area contributed by atoms with Crippen LogP contribution in [0.3, 0.4) is 0 Å². The van der Waals surface area contributed by atoms with Gasteiger partial charge in [-0.05, 0) is 27.9 Å². The maximum Gasteiger partial charge on any atom is 0.241 e. The van der Waals surface area contributed by atoms with Gasteiger partial charge in [-0.15, -0.1) is 0 Å². The molecule has 0 amide bonds. The summed E-state index contributed by atoms with van der Waals surface area (Å²) in [5.41, 5.74) is 1.23. The van der Waals surface area contributed by atoms with Crippen molar-refractivity contribution in [1.29, 1.82) is 0 Å². The van der Waals surface area contributed by atoms with Crippen molar-refractivity contribution in [2.75, 3.05) is 0 Å². The lowest BCUT2D eigenvalue weighted by molar-refractivity contribution is -0.115. The minimum Gasteiger partial charge on any atom is -0.294 e. The fourth-order valence-corrected chi connectivity index (χ4v) is 2.90. The van der Waals surface area contributed by atoms with Crippen LogP contribution in [0, 0.1) is 0 Å². The number of allylic oxidation sites excluding steroid dienone is 2. The molecule has 4 heteroatoms. The van der Waals surface area contributed by atoms with Crippen LogP contribution in [0.2, 0.25) is 0 Å². The highest BCUT2D eigenvalue weighted by molar-refractivity contribution is 9.12. The van der Waals surface area contributed by atoms with E-state index < -0.39 is 11.6 Å². The average Bonchev–Trinajstić information content (AvgIpc) is 2.45. The molecule has 1 aliphatic carbocycles. The monoisotopic (exact) mass is 334 g/mol. The van der Waals surface area contributed by atoms with Crippen molar-refractivity contribution in [3.63, 3.8) is 0 Å². The van der Waals surface area contributed by atoms with Crippen LogP contribution in [0.1, 0.15) is 48.5 Å². The Morgan fingerprint density at radius 1 is 1.05 bits per heavy atom. The molecule has 0 N–H and O–H groups in total. The van der Waals surface area contributed by atoms with Crippen LogP contribution in [0.25, 0.3) is 5.57 Å². The lowest BCUT2D eigenvalue weighted by atomic mass is 9.86. The molecule has 0 bridgehead atoms. The standard InChI is InChI=1S/C16H15BrO3/c1-2-3-4-9-12(18)13-10-7-5-6-8-11(10)15(19)16(20)14(13)17/h5-8H,2-4,9H2,1H3. The van der Waals surface area contributed by atoms with Gasteiger partial charge in [0.2, 0.25) is 11.6 Å². The van der Waals surface area contributed by atoms with E-state index in [0.29, 0.717) is 23.1 Å². The van der Waals surface area contributed by atoms with Crippen molar-refractivity contribution in [1.82, 2.24) is 0 Å². The smallest absolute Gasteiger partial charge is 0.241 e. The van der Waals surface area contributed by atoms with Crippen molar-refractivity contribution in [2.24, 2.45) is 0 Å². The molecule has 0 saturated heterocycles. The van der Waals surface area contributed by atoms with Crippen molar-refractivity contribution in [3.8, 4) is 0 Å². The Balaban J connectivity index is 2.42. The van der Waals surface area contributed by atoms with E-state index in [-0.39, 0.29) is 10.3 Å². The molecule has 0 aromatic heterocycles. The molecular weight excluding hydrogens is 320 g/mol. The van der Waals surface area contributed by atoms with Crippen LogP contribution in [0.5, 0.6) is 0 Å². The molecule has 0 radical (unpaired) electrons. The number of carbonyl (C=O) groups excluding carboxylic acids is 3. The molecule has 0 fully saturated rings. The zero-order valence-electron chi connectivity index (χ0n) is 11.2. The summed E-state index contributed by atoms with van der Waals surface area (Å²) in [5, 5.41) is 0. The molecule has 1 aliphatic rings. The summed E-state index contributed by atoms with van der Waals surface area (Å²) in [7, 11) is 0. The van der Waals surface area contributed by atoms with Gasteiger partial charge >= 0.3 is 0 Å². The molecule has 3 nitrogen and oxygen atoms in total. The second kappa shape index (κ2) is 6.27. The van der Waals surface area contributed by atoms with Gasteiger partial charge in [-0.1, -0.05) is 44.0 Å². The second-order valence-electron chi connectivity index (χ2n) is 4.77. The van der Waals surface area contributed by atoms with Gasteiger partial charge in [-0.25, -0.2) is 0 Å². The third-order valence-corrected chi connectivity index (χ3v) is 4.11. The zero-order chi connectivity index (χ0) is 14.7. The van der Waals surface area contributed by atoms with Crippen LogP contribution in [0.15, 0.2) is 28.7 Å². The number of ketones is 3. The predicted molar refractivity (Wildman–Crippen MR) is 80.8 cm³/mol. The first-order valence-electron chi connectivity index (χ1n) is 6.69. The quantitative estimate of drug-likeness (QED) is 0.609. The number of unbranched alkanes of at least 4 members (excludes halogenated alkanes) is 2. The van der Waals surface area contributed by atoms with E-state index in [1.807, 2.05) is 0 Å². The molecule has 0 saturated carbocycles. The summed E-state index contributed by atoms with van der Waals surface area (Å²) in [6.07, 6.45) is 3.20. The lowest BCUT2D eigenvalue weighted by Crippen LogP contribution is -2.24. The highest BCUT2D eigenvalue weighted by atomic mass is 79.9. The summed E-state index contributed by atoms with van der Waals surface area (Å²) in [4.78, 5) is 36.2. The van der Waals surface area contributed by atoms with Crippen molar-refractivity contribution in [2.45, 2.75) is 32.6 Å². The number of hydrogen-bond donors (Lipinski definition) is 0. The summed E-state index contributed by atoms with van der Waals surface area (Å²) >= 11 is 3.13.